The van der Waals surface area contributed by atoms with E-state index in [9.17, 15) is 9.36 Å². The van der Waals surface area contributed by atoms with Gasteiger partial charge in [0.25, 0.3) is 5.56 Å². The van der Waals surface area contributed by atoms with Crippen LogP contribution in [0.2, 0.25) is 0 Å². The summed E-state index contributed by atoms with van der Waals surface area (Å²) in [5.74, 6) is 0.608. The number of nitrogens with two attached hydrogens (primary N) is 1. The first-order valence-electron chi connectivity index (χ1n) is 12.6. The van der Waals surface area contributed by atoms with Gasteiger partial charge in [-0.25, -0.2) is 9.97 Å². The monoisotopic (exact) mass is 530 g/mol. The molecule has 1 saturated carbocycles. The van der Waals surface area contributed by atoms with Gasteiger partial charge in [0.05, 0.1) is 32.3 Å². The number of pyridine rings is 2. The number of aryl methyl sites for hydroxylation is 1. The summed E-state index contributed by atoms with van der Waals surface area (Å²) in [6.07, 6.45) is 4.88. The van der Waals surface area contributed by atoms with Gasteiger partial charge in [-0.1, -0.05) is 0 Å². The third-order valence-electron chi connectivity index (χ3n) is 6.64. The van der Waals surface area contributed by atoms with Gasteiger partial charge in [-0.15, -0.1) is 0 Å². The van der Waals surface area contributed by atoms with Crippen molar-refractivity contribution in [2.24, 2.45) is 0 Å². The molecule has 1 aliphatic carbocycles. The van der Waals surface area contributed by atoms with E-state index in [0.717, 1.165) is 31.1 Å². The van der Waals surface area contributed by atoms with Crippen LogP contribution in [0.1, 0.15) is 51.3 Å². The molecule has 0 bridgehead atoms. The van der Waals surface area contributed by atoms with E-state index < -0.39 is 7.60 Å². The van der Waals surface area contributed by atoms with Gasteiger partial charge in [0.1, 0.15) is 5.65 Å². The van der Waals surface area contributed by atoms with E-state index in [-0.39, 0.29) is 29.9 Å². The topological polar surface area (TPSA) is 143 Å². The molecule has 3 aromatic rings. The third-order valence-corrected chi connectivity index (χ3v) is 8.52. The second kappa shape index (κ2) is 11.7. The van der Waals surface area contributed by atoms with Gasteiger partial charge >= 0.3 is 7.60 Å². The lowest BCUT2D eigenvalue weighted by molar-refractivity contribution is 0.213. The van der Waals surface area contributed by atoms with Crippen molar-refractivity contribution < 1.29 is 18.3 Å². The van der Waals surface area contributed by atoms with Crippen LogP contribution < -0.4 is 21.3 Å². The van der Waals surface area contributed by atoms with Gasteiger partial charge in [-0.3, -0.25) is 13.9 Å². The average Bonchev–Trinajstić information content (AvgIpc) is 2.88. The van der Waals surface area contributed by atoms with Crippen LogP contribution in [-0.4, -0.2) is 52.2 Å². The van der Waals surface area contributed by atoms with E-state index in [1.165, 1.54) is 0 Å². The molecule has 1 aliphatic rings. The lowest BCUT2D eigenvalue weighted by Crippen LogP contribution is -2.37. The van der Waals surface area contributed by atoms with Crippen LogP contribution in [0.25, 0.3) is 22.2 Å². The van der Waals surface area contributed by atoms with Gasteiger partial charge in [0.2, 0.25) is 11.8 Å². The number of nitrogen functional groups attached to an aromatic ring is 1. The molecule has 11 nitrogen and oxygen atoms in total. The maximum absolute atomic E-state index is 13.9. The standard InChI is InChI=1S/C25H35N6O5P/c1-5-35-37(33,36-6-2)15-28-18-8-10-19(11-9-18)31-23-20(16(3)29-25(26)30-23)13-21(24(31)32)17-7-12-22(34-4)27-14-17/h7,12-14,18-19,28H,5-6,8-11,15H2,1-4H3,(H2,26,29,30). The Morgan fingerprint density at radius 3 is 2.43 bits per heavy atom. The molecule has 3 N–H and O–H groups in total. The number of hydrogen-bond acceptors (Lipinski definition) is 10. The normalized spacial score (nSPS) is 18.3. The molecule has 12 heteroatoms. The Labute approximate surface area is 216 Å². The van der Waals surface area contributed by atoms with E-state index in [2.05, 4.69) is 20.3 Å². The number of methoxy groups -OCH3 is 1. The summed E-state index contributed by atoms with van der Waals surface area (Å²) in [5, 5.41) is 4.13. The first-order valence-corrected chi connectivity index (χ1v) is 14.3. The molecule has 0 saturated heterocycles. The van der Waals surface area contributed by atoms with Crippen LogP contribution in [0.4, 0.5) is 5.95 Å². The summed E-state index contributed by atoms with van der Waals surface area (Å²) >= 11 is 0. The summed E-state index contributed by atoms with van der Waals surface area (Å²) < 4.78 is 30.5. The summed E-state index contributed by atoms with van der Waals surface area (Å²) in [6.45, 7) is 6.11. The Balaban J connectivity index is 1.63. The predicted octanol–water partition coefficient (Wildman–Crippen LogP) is 4.05. The molecule has 0 radical (unpaired) electrons. The maximum Gasteiger partial charge on any atom is 0.344 e. The summed E-state index contributed by atoms with van der Waals surface area (Å²) in [7, 11) is -1.62. The highest BCUT2D eigenvalue weighted by Crippen LogP contribution is 2.47. The Morgan fingerprint density at radius 1 is 1.14 bits per heavy atom. The van der Waals surface area contributed by atoms with Crippen LogP contribution >= 0.6 is 7.60 Å². The van der Waals surface area contributed by atoms with E-state index in [1.807, 2.05) is 19.1 Å². The fraction of sp³-hybridized carbons (Fsp3) is 0.520. The van der Waals surface area contributed by atoms with Crippen LogP contribution in [0.3, 0.4) is 0 Å². The number of fused-ring (bicyclic) bond motifs is 1. The van der Waals surface area contributed by atoms with E-state index in [0.29, 0.717) is 41.6 Å². The number of nitrogens with one attached hydrogen (secondary N) is 1. The zero-order valence-electron chi connectivity index (χ0n) is 21.8. The molecule has 37 heavy (non-hydrogen) atoms. The Hall–Kier alpha value is -2.85. The van der Waals surface area contributed by atoms with Gasteiger partial charge in [-0.2, -0.15) is 4.98 Å². The van der Waals surface area contributed by atoms with Crippen molar-refractivity contribution in [3.05, 3.63) is 40.4 Å². The smallest absolute Gasteiger partial charge is 0.344 e. The minimum absolute atomic E-state index is 0.0708. The van der Waals surface area contributed by atoms with Gasteiger partial charge < -0.3 is 24.8 Å². The van der Waals surface area contributed by atoms with Crippen LogP contribution in [0.5, 0.6) is 5.88 Å². The maximum atomic E-state index is 13.9. The van der Waals surface area contributed by atoms with E-state index in [4.69, 9.17) is 19.5 Å². The first kappa shape index (κ1) is 27.2. The molecule has 0 aliphatic heterocycles. The molecule has 0 unspecified atom stereocenters. The van der Waals surface area contributed by atoms with Crippen molar-refractivity contribution in [2.75, 3.05) is 32.3 Å². The second-order valence-electron chi connectivity index (χ2n) is 9.04. The number of nitrogens with zero attached hydrogens (tertiary/aromatic N) is 4. The number of rotatable bonds is 10. The SMILES string of the molecule is CCOP(=O)(CNC1CCC(n2c(=O)c(-c3ccc(OC)nc3)cc3c(C)nc(N)nc32)CC1)OCC. The van der Waals surface area contributed by atoms with Crippen molar-refractivity contribution in [3.63, 3.8) is 0 Å². The number of hydrogen-bond donors (Lipinski definition) is 2. The first-order chi connectivity index (χ1) is 17.8. The summed E-state index contributed by atoms with van der Waals surface area (Å²) in [5.41, 5.74) is 8.29. The number of ether oxygens (including phenoxy) is 1. The minimum atomic E-state index is -3.17. The zero-order chi connectivity index (χ0) is 26.6. The number of aromatic nitrogens is 4. The number of anilines is 1. The lowest BCUT2D eigenvalue weighted by atomic mass is 9.90. The van der Waals surface area contributed by atoms with Crippen molar-refractivity contribution in [1.29, 1.82) is 0 Å². The molecule has 0 amide bonds. The Bertz CT molecular complexity index is 1330. The summed E-state index contributed by atoms with van der Waals surface area (Å²) in [4.78, 5) is 26.9. The predicted molar refractivity (Wildman–Crippen MR) is 143 cm³/mol. The fourth-order valence-electron chi connectivity index (χ4n) is 4.88. The lowest BCUT2D eigenvalue weighted by Gasteiger charge is -2.32. The van der Waals surface area contributed by atoms with Crippen LogP contribution in [-0.2, 0) is 13.6 Å². The molecular weight excluding hydrogens is 495 g/mol. The minimum Gasteiger partial charge on any atom is -0.481 e. The molecule has 1 fully saturated rings. The molecule has 3 aromatic heterocycles. The van der Waals surface area contributed by atoms with Gasteiger partial charge in [0, 0.05) is 40.9 Å². The van der Waals surface area contributed by atoms with Crippen molar-refractivity contribution >= 4 is 24.6 Å². The van der Waals surface area contributed by atoms with Gasteiger partial charge in [-0.05, 0) is 58.6 Å². The highest BCUT2D eigenvalue weighted by Gasteiger charge is 2.29. The summed E-state index contributed by atoms with van der Waals surface area (Å²) in [6, 6.07) is 5.44. The molecule has 0 spiro atoms. The molecule has 4 rings (SSSR count). The van der Waals surface area contributed by atoms with Crippen molar-refractivity contribution in [1.82, 2.24) is 24.8 Å². The van der Waals surface area contributed by atoms with Crippen molar-refractivity contribution in [3.8, 4) is 17.0 Å². The van der Waals surface area contributed by atoms with Crippen molar-refractivity contribution in [2.45, 2.75) is 58.5 Å². The molecule has 0 atom stereocenters. The fourth-order valence-corrected chi connectivity index (χ4v) is 6.40. The molecule has 200 valence electrons. The largest absolute Gasteiger partial charge is 0.481 e. The molecule has 0 aromatic carbocycles. The third kappa shape index (κ3) is 6.01. The Morgan fingerprint density at radius 2 is 1.84 bits per heavy atom. The molecule has 3 heterocycles. The molecular formula is C25H35N6O5P. The average molecular weight is 531 g/mol. The van der Waals surface area contributed by atoms with E-state index in [1.54, 1.807) is 37.8 Å². The Kier molecular flexibility index (Phi) is 8.59. The second-order valence-corrected chi connectivity index (χ2v) is 11.1. The van der Waals surface area contributed by atoms with Crippen LogP contribution in [0, 0.1) is 6.92 Å². The van der Waals surface area contributed by atoms with Crippen LogP contribution in [0.15, 0.2) is 29.2 Å². The quantitative estimate of drug-likeness (QED) is 0.368. The highest BCUT2D eigenvalue weighted by atomic mass is 31.2. The van der Waals surface area contributed by atoms with E-state index >= 15 is 0 Å². The van der Waals surface area contributed by atoms with Gasteiger partial charge in [0.15, 0.2) is 0 Å². The highest BCUT2D eigenvalue weighted by molar-refractivity contribution is 7.53. The zero-order valence-corrected chi connectivity index (χ0v) is 22.7.